The van der Waals surface area contributed by atoms with Crippen LogP contribution in [0.3, 0.4) is 0 Å². The maximum absolute atomic E-state index is 12.2. The van der Waals surface area contributed by atoms with Crippen molar-refractivity contribution in [3.63, 3.8) is 0 Å². The fourth-order valence-electron chi connectivity index (χ4n) is 2.30. The highest BCUT2D eigenvalue weighted by molar-refractivity contribution is 6.04. The summed E-state index contributed by atoms with van der Waals surface area (Å²) in [5, 5.41) is 10.9. The number of nitrogens with one attached hydrogen (secondary N) is 1. The zero-order chi connectivity index (χ0) is 16.9. The van der Waals surface area contributed by atoms with E-state index in [1.54, 1.807) is 19.2 Å². The lowest BCUT2D eigenvalue weighted by Gasteiger charge is -2.07. The van der Waals surface area contributed by atoms with E-state index in [-0.39, 0.29) is 5.91 Å². The third-order valence-electron chi connectivity index (χ3n) is 3.57. The Labute approximate surface area is 140 Å². The van der Waals surface area contributed by atoms with E-state index in [4.69, 9.17) is 4.74 Å². The number of anilines is 1. The fraction of sp³-hybridized carbons (Fsp3) is 0.105. The summed E-state index contributed by atoms with van der Waals surface area (Å²) in [6, 6.07) is 18.5. The molecule has 120 valence electrons. The van der Waals surface area contributed by atoms with Crippen LogP contribution in [0.2, 0.25) is 0 Å². The number of aromatic nitrogens is 2. The van der Waals surface area contributed by atoms with Crippen LogP contribution in [0.5, 0.6) is 5.88 Å². The molecule has 3 rings (SSSR count). The average Bonchev–Trinajstić information content (AvgIpc) is 2.62. The van der Waals surface area contributed by atoms with Crippen LogP contribution in [0.1, 0.15) is 15.9 Å². The van der Waals surface area contributed by atoms with Gasteiger partial charge in [0, 0.05) is 22.9 Å². The predicted molar refractivity (Wildman–Crippen MR) is 93.2 cm³/mol. The van der Waals surface area contributed by atoms with Gasteiger partial charge in [-0.3, -0.25) is 4.79 Å². The van der Waals surface area contributed by atoms with Crippen molar-refractivity contribution in [2.45, 2.75) is 6.92 Å². The minimum Gasteiger partial charge on any atom is -0.480 e. The van der Waals surface area contributed by atoms with Crippen molar-refractivity contribution in [1.29, 1.82) is 0 Å². The molecule has 0 spiro atoms. The summed E-state index contributed by atoms with van der Waals surface area (Å²) in [5.74, 6) is 0.344. The highest BCUT2D eigenvalue weighted by Crippen LogP contribution is 2.20. The van der Waals surface area contributed by atoms with Gasteiger partial charge in [0.05, 0.1) is 12.8 Å². The van der Waals surface area contributed by atoms with Crippen LogP contribution in [0.4, 0.5) is 5.69 Å². The minimum atomic E-state index is -0.129. The molecule has 0 bridgehead atoms. The summed E-state index contributed by atoms with van der Waals surface area (Å²) >= 11 is 0. The number of carbonyl (C=O) groups is 1. The monoisotopic (exact) mass is 319 g/mol. The molecule has 0 atom stereocenters. The van der Waals surface area contributed by atoms with Gasteiger partial charge < -0.3 is 10.1 Å². The molecule has 5 nitrogen and oxygen atoms in total. The van der Waals surface area contributed by atoms with Crippen molar-refractivity contribution in [1.82, 2.24) is 10.2 Å². The van der Waals surface area contributed by atoms with Crippen molar-refractivity contribution >= 4 is 11.6 Å². The van der Waals surface area contributed by atoms with E-state index in [0.717, 1.165) is 22.5 Å². The maximum atomic E-state index is 12.2. The molecule has 5 heteroatoms. The number of amides is 1. The molecule has 0 saturated heterocycles. The molecule has 0 aliphatic rings. The van der Waals surface area contributed by atoms with Gasteiger partial charge in [-0.25, -0.2) is 0 Å². The van der Waals surface area contributed by atoms with Crippen molar-refractivity contribution < 1.29 is 9.53 Å². The van der Waals surface area contributed by atoms with Crippen molar-refractivity contribution in [2.75, 3.05) is 12.4 Å². The highest BCUT2D eigenvalue weighted by Gasteiger charge is 2.07. The molecule has 0 saturated carbocycles. The SMILES string of the molecule is COc1ccc(-c2ccc(NC(=O)c3cccc(C)c3)cc2)nn1. The summed E-state index contributed by atoms with van der Waals surface area (Å²) in [7, 11) is 1.55. The Bertz CT molecular complexity index is 843. The third-order valence-corrected chi connectivity index (χ3v) is 3.57. The van der Waals surface area contributed by atoms with Crippen LogP contribution in [0, 0.1) is 6.92 Å². The first kappa shape index (κ1) is 15.7. The Morgan fingerprint density at radius 1 is 1.00 bits per heavy atom. The normalized spacial score (nSPS) is 10.2. The second kappa shape index (κ2) is 6.91. The second-order valence-corrected chi connectivity index (χ2v) is 5.36. The molecule has 0 aliphatic carbocycles. The molecule has 1 heterocycles. The third kappa shape index (κ3) is 3.57. The largest absolute Gasteiger partial charge is 0.480 e. The van der Waals surface area contributed by atoms with Gasteiger partial charge in [-0.15, -0.1) is 10.2 Å². The van der Waals surface area contributed by atoms with E-state index in [2.05, 4.69) is 15.5 Å². The summed E-state index contributed by atoms with van der Waals surface area (Å²) in [6.07, 6.45) is 0. The number of methoxy groups -OCH3 is 1. The summed E-state index contributed by atoms with van der Waals surface area (Å²) < 4.78 is 5.00. The molecular weight excluding hydrogens is 302 g/mol. The van der Waals surface area contributed by atoms with E-state index >= 15 is 0 Å². The molecule has 1 N–H and O–H groups in total. The summed E-state index contributed by atoms with van der Waals surface area (Å²) in [5.41, 5.74) is 4.08. The number of hydrogen-bond donors (Lipinski definition) is 1. The Kier molecular flexibility index (Phi) is 4.52. The standard InChI is InChI=1S/C19H17N3O2/c1-13-4-3-5-15(12-13)19(23)20-16-8-6-14(7-9-16)17-10-11-18(24-2)22-21-17/h3-12H,1-2H3,(H,20,23). The van der Waals surface area contributed by atoms with Gasteiger partial charge in [0.25, 0.3) is 5.91 Å². The lowest BCUT2D eigenvalue weighted by atomic mass is 10.1. The molecule has 0 radical (unpaired) electrons. The number of hydrogen-bond acceptors (Lipinski definition) is 4. The van der Waals surface area contributed by atoms with Crippen LogP contribution in [0.15, 0.2) is 60.7 Å². The molecule has 24 heavy (non-hydrogen) atoms. The predicted octanol–water partition coefficient (Wildman–Crippen LogP) is 3.71. The first-order chi connectivity index (χ1) is 11.7. The van der Waals surface area contributed by atoms with Crippen molar-refractivity contribution in [2.24, 2.45) is 0 Å². The maximum Gasteiger partial charge on any atom is 0.255 e. The van der Waals surface area contributed by atoms with Gasteiger partial charge >= 0.3 is 0 Å². The Morgan fingerprint density at radius 3 is 2.42 bits per heavy atom. The number of ether oxygens (including phenoxy) is 1. The summed E-state index contributed by atoms with van der Waals surface area (Å²) in [6.45, 7) is 1.96. The second-order valence-electron chi connectivity index (χ2n) is 5.36. The van der Waals surface area contributed by atoms with Crippen molar-refractivity contribution in [3.8, 4) is 17.1 Å². The fourth-order valence-corrected chi connectivity index (χ4v) is 2.30. The van der Waals surface area contributed by atoms with Gasteiger partial charge in [-0.05, 0) is 37.3 Å². The van der Waals surface area contributed by atoms with Crippen LogP contribution in [0.25, 0.3) is 11.3 Å². The lowest BCUT2D eigenvalue weighted by molar-refractivity contribution is 0.102. The molecule has 0 fully saturated rings. The van der Waals surface area contributed by atoms with Crippen LogP contribution < -0.4 is 10.1 Å². The van der Waals surface area contributed by atoms with Gasteiger partial charge in [-0.2, -0.15) is 0 Å². The number of carbonyl (C=O) groups excluding carboxylic acids is 1. The molecule has 1 aromatic heterocycles. The van der Waals surface area contributed by atoms with Crippen LogP contribution >= 0.6 is 0 Å². The minimum absolute atomic E-state index is 0.129. The van der Waals surface area contributed by atoms with E-state index in [1.165, 1.54) is 0 Å². The average molecular weight is 319 g/mol. The number of aryl methyl sites for hydroxylation is 1. The van der Waals surface area contributed by atoms with Gasteiger partial charge in [-0.1, -0.05) is 29.8 Å². The van der Waals surface area contributed by atoms with Gasteiger partial charge in [0.2, 0.25) is 5.88 Å². The smallest absolute Gasteiger partial charge is 0.255 e. The van der Waals surface area contributed by atoms with E-state index in [1.807, 2.05) is 55.5 Å². The van der Waals surface area contributed by atoms with E-state index in [0.29, 0.717) is 11.4 Å². The Balaban J connectivity index is 1.73. The molecule has 3 aromatic rings. The Hall–Kier alpha value is -3.21. The topological polar surface area (TPSA) is 64.1 Å². The Morgan fingerprint density at radius 2 is 1.79 bits per heavy atom. The zero-order valence-electron chi connectivity index (χ0n) is 13.5. The zero-order valence-corrected chi connectivity index (χ0v) is 13.5. The van der Waals surface area contributed by atoms with E-state index < -0.39 is 0 Å². The van der Waals surface area contributed by atoms with Crippen LogP contribution in [-0.4, -0.2) is 23.2 Å². The van der Waals surface area contributed by atoms with Gasteiger partial charge in [0.15, 0.2) is 0 Å². The molecule has 2 aromatic carbocycles. The quantitative estimate of drug-likeness (QED) is 0.796. The number of benzene rings is 2. The first-order valence-corrected chi connectivity index (χ1v) is 7.52. The van der Waals surface area contributed by atoms with Crippen molar-refractivity contribution in [3.05, 3.63) is 71.8 Å². The highest BCUT2D eigenvalue weighted by atomic mass is 16.5. The van der Waals surface area contributed by atoms with Crippen LogP contribution in [-0.2, 0) is 0 Å². The number of nitrogens with zero attached hydrogens (tertiary/aromatic N) is 2. The number of rotatable bonds is 4. The molecular formula is C19H17N3O2. The summed E-state index contributed by atoms with van der Waals surface area (Å²) in [4.78, 5) is 12.2. The lowest BCUT2D eigenvalue weighted by Crippen LogP contribution is -2.11. The molecule has 1 amide bonds. The van der Waals surface area contributed by atoms with E-state index in [9.17, 15) is 4.79 Å². The molecule has 0 aliphatic heterocycles. The first-order valence-electron chi connectivity index (χ1n) is 7.52. The van der Waals surface area contributed by atoms with Gasteiger partial charge in [0.1, 0.15) is 0 Å². The molecule has 0 unspecified atom stereocenters.